The van der Waals surface area contributed by atoms with E-state index < -0.39 is 16.9 Å². The lowest BCUT2D eigenvalue weighted by Gasteiger charge is -2.10. The van der Waals surface area contributed by atoms with Crippen LogP contribution >= 0.6 is 23.1 Å². The molecule has 0 aliphatic heterocycles. The second-order valence-corrected chi connectivity index (χ2v) is 6.73. The number of aromatic nitrogens is 2. The van der Waals surface area contributed by atoms with Crippen molar-refractivity contribution in [2.24, 2.45) is 0 Å². The van der Waals surface area contributed by atoms with Gasteiger partial charge in [-0.2, -0.15) is 0 Å². The zero-order chi connectivity index (χ0) is 14.7. The molecule has 1 heterocycles. The maximum atomic E-state index is 13.0. The minimum Gasteiger partial charge on any atom is -0.325 e. The highest BCUT2D eigenvalue weighted by atomic mass is 32.2. The van der Waals surface area contributed by atoms with Crippen molar-refractivity contribution in [3.05, 3.63) is 34.8 Å². The topological polar surface area (TPSA) is 54.9 Å². The number of benzene rings is 1. The molecule has 2 aromatic rings. The monoisotopic (exact) mass is 315 g/mol. The first-order chi connectivity index (χ1) is 9.45. The highest BCUT2D eigenvalue weighted by Gasteiger charge is 2.17. The standard InChI is InChI=1S/C12H11F2N3OS2/c1-6(19-12-17-16-7(2)20-12)11(18)15-8-3-4-9(13)10(14)5-8/h3-6H,1-2H3,(H,15,18)/t6-/m0/s1. The fourth-order valence-electron chi connectivity index (χ4n) is 1.35. The molecule has 1 aromatic heterocycles. The van der Waals surface area contributed by atoms with Gasteiger partial charge in [-0.05, 0) is 26.0 Å². The number of halogens is 2. The molecule has 0 spiro atoms. The summed E-state index contributed by atoms with van der Waals surface area (Å²) in [5.74, 6) is -2.26. The summed E-state index contributed by atoms with van der Waals surface area (Å²) in [5.41, 5.74) is 0.217. The Hall–Kier alpha value is -1.54. The van der Waals surface area contributed by atoms with Crippen molar-refractivity contribution >= 4 is 34.7 Å². The van der Waals surface area contributed by atoms with E-state index >= 15 is 0 Å². The Morgan fingerprint density at radius 3 is 2.70 bits per heavy atom. The van der Waals surface area contributed by atoms with E-state index in [9.17, 15) is 13.6 Å². The number of carbonyl (C=O) groups excluding carboxylic acids is 1. The lowest BCUT2D eigenvalue weighted by molar-refractivity contribution is -0.115. The lowest BCUT2D eigenvalue weighted by Crippen LogP contribution is -2.22. The van der Waals surface area contributed by atoms with Crippen molar-refractivity contribution in [3.8, 4) is 0 Å². The predicted molar refractivity (Wildman–Crippen MR) is 75.0 cm³/mol. The molecule has 0 radical (unpaired) electrons. The number of amides is 1. The van der Waals surface area contributed by atoms with Gasteiger partial charge in [-0.25, -0.2) is 8.78 Å². The summed E-state index contributed by atoms with van der Waals surface area (Å²) in [6.07, 6.45) is 0. The summed E-state index contributed by atoms with van der Waals surface area (Å²) < 4.78 is 26.5. The smallest absolute Gasteiger partial charge is 0.237 e. The van der Waals surface area contributed by atoms with Crippen molar-refractivity contribution in [2.75, 3.05) is 5.32 Å². The Kier molecular flexibility index (Phi) is 4.66. The molecule has 1 N–H and O–H groups in total. The van der Waals surface area contributed by atoms with Crippen molar-refractivity contribution in [1.82, 2.24) is 10.2 Å². The van der Waals surface area contributed by atoms with Gasteiger partial charge in [-0.15, -0.1) is 10.2 Å². The molecule has 4 nitrogen and oxygen atoms in total. The van der Waals surface area contributed by atoms with Gasteiger partial charge in [-0.3, -0.25) is 4.79 Å². The summed E-state index contributed by atoms with van der Waals surface area (Å²) in [4.78, 5) is 11.9. The molecule has 0 aliphatic carbocycles. The Morgan fingerprint density at radius 2 is 2.10 bits per heavy atom. The first kappa shape index (κ1) is 14.9. The van der Waals surface area contributed by atoms with Gasteiger partial charge in [0, 0.05) is 11.8 Å². The average Bonchev–Trinajstić information content (AvgIpc) is 2.79. The van der Waals surface area contributed by atoms with Crippen LogP contribution in [0, 0.1) is 18.6 Å². The Labute approximate surface area is 122 Å². The summed E-state index contributed by atoms with van der Waals surface area (Å²) >= 11 is 2.66. The van der Waals surface area contributed by atoms with Crippen molar-refractivity contribution in [3.63, 3.8) is 0 Å². The fourth-order valence-corrected chi connectivity index (χ4v) is 3.31. The van der Waals surface area contributed by atoms with Crippen molar-refractivity contribution in [1.29, 1.82) is 0 Å². The van der Waals surface area contributed by atoms with E-state index in [0.717, 1.165) is 17.1 Å². The normalized spacial score (nSPS) is 12.2. The number of nitrogens with one attached hydrogen (secondary N) is 1. The molecule has 0 aliphatic rings. The molecule has 0 saturated heterocycles. The number of thioether (sulfide) groups is 1. The second-order valence-electron chi connectivity index (χ2n) is 3.97. The van der Waals surface area contributed by atoms with Crippen LogP contribution in [0.15, 0.2) is 22.5 Å². The van der Waals surface area contributed by atoms with E-state index in [-0.39, 0.29) is 11.6 Å². The molecular formula is C12H11F2N3OS2. The molecule has 20 heavy (non-hydrogen) atoms. The highest BCUT2D eigenvalue weighted by molar-refractivity contribution is 8.02. The van der Waals surface area contributed by atoms with Crippen molar-refractivity contribution < 1.29 is 13.6 Å². The zero-order valence-electron chi connectivity index (χ0n) is 10.7. The molecule has 2 rings (SSSR count). The van der Waals surface area contributed by atoms with Gasteiger partial charge in [0.1, 0.15) is 5.01 Å². The SMILES string of the molecule is Cc1nnc(S[C@@H](C)C(=O)Nc2ccc(F)c(F)c2)s1. The van der Waals surface area contributed by atoms with E-state index in [1.165, 1.54) is 29.2 Å². The van der Waals surface area contributed by atoms with Gasteiger partial charge in [-0.1, -0.05) is 23.1 Å². The van der Waals surface area contributed by atoms with Crippen LogP contribution in [0.4, 0.5) is 14.5 Å². The molecule has 0 fully saturated rings. The number of hydrogen-bond acceptors (Lipinski definition) is 5. The van der Waals surface area contributed by atoms with Gasteiger partial charge in [0.2, 0.25) is 5.91 Å². The number of carbonyl (C=O) groups is 1. The maximum absolute atomic E-state index is 13.0. The maximum Gasteiger partial charge on any atom is 0.237 e. The Balaban J connectivity index is 1.98. The summed E-state index contributed by atoms with van der Waals surface area (Å²) in [6.45, 7) is 3.53. The minimum atomic E-state index is -0.997. The van der Waals surface area contributed by atoms with Crippen LogP contribution in [0.5, 0.6) is 0 Å². The van der Waals surface area contributed by atoms with Crippen LogP contribution in [0.2, 0.25) is 0 Å². The van der Waals surface area contributed by atoms with Gasteiger partial charge in [0.05, 0.1) is 5.25 Å². The summed E-state index contributed by atoms with van der Waals surface area (Å²) in [6, 6.07) is 3.22. The van der Waals surface area contributed by atoms with Gasteiger partial charge in [0.15, 0.2) is 16.0 Å². The molecule has 0 unspecified atom stereocenters. The molecule has 0 saturated carbocycles. The quantitative estimate of drug-likeness (QED) is 0.880. The van der Waals surface area contributed by atoms with E-state index in [1.54, 1.807) is 6.92 Å². The van der Waals surface area contributed by atoms with E-state index in [1.807, 2.05) is 6.92 Å². The molecule has 106 valence electrons. The van der Waals surface area contributed by atoms with Crippen LogP contribution in [0.3, 0.4) is 0 Å². The summed E-state index contributed by atoms with van der Waals surface area (Å²) in [5, 5.41) is 10.7. The Bertz CT molecular complexity index is 633. The van der Waals surface area contributed by atoms with Crippen molar-refractivity contribution in [2.45, 2.75) is 23.4 Å². The van der Waals surface area contributed by atoms with E-state index in [0.29, 0.717) is 4.34 Å². The average molecular weight is 315 g/mol. The largest absolute Gasteiger partial charge is 0.325 e. The zero-order valence-corrected chi connectivity index (χ0v) is 12.3. The second kappa shape index (κ2) is 6.27. The molecule has 1 aromatic carbocycles. The summed E-state index contributed by atoms with van der Waals surface area (Å²) in [7, 11) is 0. The Morgan fingerprint density at radius 1 is 1.35 bits per heavy atom. The highest BCUT2D eigenvalue weighted by Crippen LogP contribution is 2.27. The minimum absolute atomic E-state index is 0.217. The molecule has 8 heteroatoms. The van der Waals surface area contributed by atoms with E-state index in [2.05, 4.69) is 15.5 Å². The third-order valence-electron chi connectivity index (χ3n) is 2.34. The number of anilines is 1. The number of nitrogens with zero attached hydrogens (tertiary/aromatic N) is 2. The van der Waals surface area contributed by atoms with Crippen LogP contribution in [-0.2, 0) is 4.79 Å². The number of rotatable bonds is 4. The molecular weight excluding hydrogens is 304 g/mol. The van der Waals surface area contributed by atoms with Crippen LogP contribution < -0.4 is 5.32 Å². The molecule has 1 amide bonds. The van der Waals surface area contributed by atoms with Gasteiger partial charge < -0.3 is 5.32 Å². The van der Waals surface area contributed by atoms with Gasteiger partial charge in [0.25, 0.3) is 0 Å². The van der Waals surface area contributed by atoms with Crippen LogP contribution in [0.1, 0.15) is 11.9 Å². The van der Waals surface area contributed by atoms with Crippen LogP contribution in [-0.4, -0.2) is 21.4 Å². The molecule has 1 atom stereocenters. The van der Waals surface area contributed by atoms with Gasteiger partial charge >= 0.3 is 0 Å². The number of hydrogen-bond donors (Lipinski definition) is 1. The predicted octanol–water partition coefficient (Wildman–Crippen LogP) is 3.24. The first-order valence-electron chi connectivity index (χ1n) is 5.68. The molecule has 0 bridgehead atoms. The third-order valence-corrected chi connectivity index (χ3v) is 4.36. The van der Waals surface area contributed by atoms with Crippen LogP contribution in [0.25, 0.3) is 0 Å². The lowest BCUT2D eigenvalue weighted by atomic mass is 10.3. The third kappa shape index (κ3) is 3.73. The van der Waals surface area contributed by atoms with E-state index in [4.69, 9.17) is 0 Å². The fraction of sp³-hybridized carbons (Fsp3) is 0.250. The first-order valence-corrected chi connectivity index (χ1v) is 7.38. The number of aryl methyl sites for hydroxylation is 1.